The molecule has 0 fully saturated rings. The quantitative estimate of drug-likeness (QED) is 0.285. The van der Waals surface area contributed by atoms with Gasteiger partial charge in [0, 0.05) is 16.8 Å². The molecular formula is C27H21ClF3NO5. The standard InChI is InChI=1S/C27H21ClF3NO5/c1-14-9-15(2)11-18(10-14)36-25-24(34)19-8-7-17(12-22(19)37-26(25)27(29,30)31)35-13-23(33)32-21-6-4-5-20(28)16(21)3/h4-12H,13H2,1-3H3,(H,32,33). The van der Waals surface area contributed by atoms with Gasteiger partial charge in [0.25, 0.3) is 11.7 Å². The van der Waals surface area contributed by atoms with E-state index in [1.54, 1.807) is 39.0 Å². The number of amides is 1. The topological polar surface area (TPSA) is 77.8 Å². The Morgan fingerprint density at radius 3 is 2.38 bits per heavy atom. The number of hydrogen-bond acceptors (Lipinski definition) is 5. The zero-order chi connectivity index (χ0) is 26.9. The molecule has 0 radical (unpaired) electrons. The van der Waals surface area contributed by atoms with Gasteiger partial charge in [-0.1, -0.05) is 23.7 Å². The molecule has 192 valence electrons. The number of anilines is 1. The average Bonchev–Trinajstić information content (AvgIpc) is 2.81. The Bertz CT molecular complexity index is 1540. The van der Waals surface area contributed by atoms with Crippen molar-refractivity contribution in [3.05, 3.63) is 92.3 Å². The molecule has 10 heteroatoms. The maximum Gasteiger partial charge on any atom is 0.453 e. The summed E-state index contributed by atoms with van der Waals surface area (Å²) in [7, 11) is 0. The van der Waals surface area contributed by atoms with Crippen LogP contribution in [0.5, 0.6) is 17.2 Å². The highest BCUT2D eigenvalue weighted by Crippen LogP contribution is 2.39. The lowest BCUT2D eigenvalue weighted by Gasteiger charge is -2.14. The van der Waals surface area contributed by atoms with Gasteiger partial charge in [-0.15, -0.1) is 0 Å². The number of aryl methyl sites for hydroxylation is 2. The van der Waals surface area contributed by atoms with E-state index in [9.17, 15) is 22.8 Å². The van der Waals surface area contributed by atoms with Crippen LogP contribution in [0.15, 0.2) is 63.8 Å². The van der Waals surface area contributed by atoms with Crippen molar-refractivity contribution in [2.45, 2.75) is 26.9 Å². The number of carbonyl (C=O) groups is 1. The number of halogens is 4. The maximum atomic E-state index is 13.8. The fraction of sp³-hybridized carbons (Fsp3) is 0.185. The molecule has 1 aromatic heterocycles. The highest BCUT2D eigenvalue weighted by molar-refractivity contribution is 6.31. The van der Waals surface area contributed by atoms with Gasteiger partial charge in [-0.25, -0.2) is 0 Å². The lowest BCUT2D eigenvalue weighted by Crippen LogP contribution is -2.20. The molecule has 1 amide bonds. The minimum Gasteiger partial charge on any atom is -0.484 e. The zero-order valence-electron chi connectivity index (χ0n) is 20.0. The van der Waals surface area contributed by atoms with E-state index in [0.29, 0.717) is 16.3 Å². The molecule has 4 rings (SSSR count). The largest absolute Gasteiger partial charge is 0.484 e. The molecule has 0 aliphatic rings. The molecule has 3 aromatic carbocycles. The van der Waals surface area contributed by atoms with E-state index >= 15 is 0 Å². The van der Waals surface area contributed by atoms with Crippen molar-refractivity contribution in [2.75, 3.05) is 11.9 Å². The molecule has 0 bridgehead atoms. The van der Waals surface area contributed by atoms with E-state index in [2.05, 4.69) is 5.32 Å². The summed E-state index contributed by atoms with van der Waals surface area (Å²) in [6.45, 7) is 4.80. The van der Waals surface area contributed by atoms with Crippen molar-refractivity contribution in [1.29, 1.82) is 0 Å². The van der Waals surface area contributed by atoms with Crippen molar-refractivity contribution >= 4 is 34.2 Å². The summed E-state index contributed by atoms with van der Waals surface area (Å²) < 4.78 is 57.4. The molecule has 0 spiro atoms. The summed E-state index contributed by atoms with van der Waals surface area (Å²) in [6, 6.07) is 13.6. The number of fused-ring (bicyclic) bond motifs is 1. The Morgan fingerprint density at radius 2 is 1.70 bits per heavy atom. The number of hydrogen-bond donors (Lipinski definition) is 1. The molecular weight excluding hydrogens is 511 g/mol. The first-order valence-electron chi connectivity index (χ1n) is 11.0. The second kappa shape index (κ2) is 10.2. The smallest absolute Gasteiger partial charge is 0.453 e. The van der Waals surface area contributed by atoms with Crippen molar-refractivity contribution < 1.29 is 31.9 Å². The van der Waals surface area contributed by atoms with Gasteiger partial charge in [0.1, 0.15) is 17.1 Å². The average molecular weight is 532 g/mol. The minimum atomic E-state index is -5.01. The summed E-state index contributed by atoms with van der Waals surface area (Å²) in [6.07, 6.45) is -5.01. The second-order valence-electron chi connectivity index (χ2n) is 8.42. The molecule has 0 aliphatic carbocycles. The van der Waals surface area contributed by atoms with Crippen LogP contribution >= 0.6 is 11.6 Å². The van der Waals surface area contributed by atoms with Gasteiger partial charge in [0.15, 0.2) is 6.61 Å². The molecule has 6 nitrogen and oxygen atoms in total. The molecule has 0 saturated carbocycles. The maximum absolute atomic E-state index is 13.8. The SMILES string of the molecule is Cc1cc(C)cc(Oc2c(C(F)(F)F)oc3cc(OCC(=O)Nc4cccc(Cl)c4C)ccc3c2=O)c1. The number of ether oxygens (including phenoxy) is 2. The van der Waals surface area contributed by atoms with Gasteiger partial charge >= 0.3 is 6.18 Å². The Balaban J connectivity index is 1.62. The summed E-state index contributed by atoms with van der Waals surface area (Å²) in [5, 5.41) is 2.98. The summed E-state index contributed by atoms with van der Waals surface area (Å²) >= 11 is 6.05. The first-order chi connectivity index (χ1) is 17.4. The van der Waals surface area contributed by atoms with Gasteiger partial charge in [-0.3, -0.25) is 9.59 Å². The van der Waals surface area contributed by atoms with Crippen LogP contribution in [0.2, 0.25) is 5.02 Å². The van der Waals surface area contributed by atoms with Gasteiger partial charge in [0.2, 0.25) is 11.2 Å². The number of nitrogens with one attached hydrogen (secondary N) is 1. The van der Waals surface area contributed by atoms with E-state index < -0.39 is 35.6 Å². The van der Waals surface area contributed by atoms with Crippen molar-refractivity contribution in [1.82, 2.24) is 0 Å². The van der Waals surface area contributed by atoms with Crippen LogP contribution < -0.4 is 20.2 Å². The Hall–Kier alpha value is -3.98. The van der Waals surface area contributed by atoms with Crippen molar-refractivity contribution in [3.63, 3.8) is 0 Å². The fourth-order valence-corrected chi connectivity index (χ4v) is 3.89. The Kier molecular flexibility index (Phi) is 7.18. The molecule has 0 atom stereocenters. The molecule has 1 heterocycles. The predicted octanol–water partition coefficient (Wildman–Crippen LogP) is 7.20. The number of alkyl halides is 3. The van der Waals surface area contributed by atoms with Gasteiger partial charge in [-0.05, 0) is 73.9 Å². The molecule has 4 aromatic rings. The molecule has 1 N–H and O–H groups in total. The van der Waals surface area contributed by atoms with E-state index in [0.717, 1.165) is 17.2 Å². The monoisotopic (exact) mass is 531 g/mol. The Morgan fingerprint density at radius 1 is 1.00 bits per heavy atom. The van der Waals surface area contributed by atoms with Crippen LogP contribution in [0.4, 0.5) is 18.9 Å². The van der Waals surface area contributed by atoms with Gasteiger partial charge in [-0.2, -0.15) is 13.2 Å². The molecule has 0 aliphatic heterocycles. The lowest BCUT2D eigenvalue weighted by molar-refractivity contribution is -0.154. The molecule has 37 heavy (non-hydrogen) atoms. The third kappa shape index (κ3) is 5.89. The summed E-state index contributed by atoms with van der Waals surface area (Å²) in [4.78, 5) is 25.3. The van der Waals surface area contributed by atoms with Crippen LogP contribution in [-0.4, -0.2) is 12.5 Å². The Labute approximate surface area is 214 Å². The summed E-state index contributed by atoms with van der Waals surface area (Å²) in [5.74, 6) is -2.94. The third-order valence-corrected chi connectivity index (χ3v) is 5.82. The van der Waals surface area contributed by atoms with Gasteiger partial charge < -0.3 is 19.2 Å². The van der Waals surface area contributed by atoms with Crippen molar-refractivity contribution in [3.8, 4) is 17.2 Å². The van der Waals surface area contributed by atoms with Crippen LogP contribution in [0.3, 0.4) is 0 Å². The number of rotatable bonds is 6. The first-order valence-corrected chi connectivity index (χ1v) is 11.4. The normalized spacial score (nSPS) is 11.4. The second-order valence-corrected chi connectivity index (χ2v) is 8.83. The van der Waals surface area contributed by atoms with Gasteiger partial charge in [0.05, 0.1) is 5.39 Å². The van der Waals surface area contributed by atoms with E-state index in [1.165, 1.54) is 24.3 Å². The van der Waals surface area contributed by atoms with E-state index in [4.69, 9.17) is 25.5 Å². The van der Waals surface area contributed by atoms with Crippen LogP contribution in [0.1, 0.15) is 22.5 Å². The predicted molar refractivity (Wildman–Crippen MR) is 134 cm³/mol. The van der Waals surface area contributed by atoms with Crippen LogP contribution in [0.25, 0.3) is 11.0 Å². The highest BCUT2D eigenvalue weighted by atomic mass is 35.5. The molecule has 0 unspecified atom stereocenters. The highest BCUT2D eigenvalue weighted by Gasteiger charge is 2.40. The minimum absolute atomic E-state index is 0.0321. The first kappa shape index (κ1) is 26.1. The third-order valence-electron chi connectivity index (χ3n) is 5.41. The molecule has 0 saturated heterocycles. The summed E-state index contributed by atoms with van der Waals surface area (Å²) in [5.41, 5.74) is 1.32. The fourth-order valence-electron chi connectivity index (χ4n) is 3.71. The lowest BCUT2D eigenvalue weighted by atomic mass is 10.1. The number of carbonyl (C=O) groups excluding carboxylic acids is 1. The zero-order valence-corrected chi connectivity index (χ0v) is 20.7. The van der Waals surface area contributed by atoms with E-state index in [1.807, 2.05) is 6.07 Å². The van der Waals surface area contributed by atoms with Crippen molar-refractivity contribution in [2.24, 2.45) is 0 Å². The van der Waals surface area contributed by atoms with Crippen LogP contribution in [0, 0.1) is 20.8 Å². The number of benzene rings is 3. The van der Waals surface area contributed by atoms with Crippen LogP contribution in [-0.2, 0) is 11.0 Å². The van der Waals surface area contributed by atoms with E-state index in [-0.39, 0.29) is 22.5 Å².